The van der Waals surface area contributed by atoms with Crippen LogP contribution in [0.5, 0.6) is 0 Å². The Morgan fingerprint density at radius 2 is 2.03 bits per heavy atom. The maximum Gasteiger partial charge on any atom is 0.233 e. The van der Waals surface area contributed by atoms with Gasteiger partial charge in [-0.25, -0.2) is 4.98 Å². The highest BCUT2D eigenvalue weighted by atomic mass is 16.5. The molecule has 0 radical (unpaired) electrons. The van der Waals surface area contributed by atoms with E-state index in [2.05, 4.69) is 58.6 Å². The van der Waals surface area contributed by atoms with Crippen molar-refractivity contribution in [1.29, 1.82) is 0 Å². The molecule has 0 spiro atoms. The quantitative estimate of drug-likeness (QED) is 0.477. The molecule has 1 fully saturated rings. The average Bonchev–Trinajstić information content (AvgIpc) is 3.48. The van der Waals surface area contributed by atoms with Crippen molar-refractivity contribution in [2.24, 2.45) is 0 Å². The monoisotopic (exact) mass is 398 g/mol. The van der Waals surface area contributed by atoms with Crippen molar-refractivity contribution in [3.8, 4) is 22.4 Å². The number of nitrogens with zero attached hydrogens (tertiary/aromatic N) is 6. The molecule has 4 aromatic heterocycles. The van der Waals surface area contributed by atoms with Crippen molar-refractivity contribution in [3.05, 3.63) is 60.6 Å². The first-order valence-electron chi connectivity index (χ1n) is 9.73. The van der Waals surface area contributed by atoms with Crippen LogP contribution in [0.15, 0.2) is 53.4 Å². The molecular weight excluding hydrogens is 380 g/mol. The molecule has 1 saturated heterocycles. The molecule has 148 valence electrons. The van der Waals surface area contributed by atoms with Gasteiger partial charge in [0, 0.05) is 42.0 Å². The molecule has 0 bridgehead atoms. The van der Waals surface area contributed by atoms with Crippen molar-refractivity contribution >= 4 is 16.7 Å². The van der Waals surface area contributed by atoms with Crippen LogP contribution in [-0.4, -0.2) is 48.6 Å². The van der Waals surface area contributed by atoms with Gasteiger partial charge in [-0.3, -0.25) is 10.2 Å². The van der Waals surface area contributed by atoms with E-state index in [9.17, 15) is 0 Å². The summed E-state index contributed by atoms with van der Waals surface area (Å²) < 4.78 is 5.30. The van der Waals surface area contributed by atoms with Crippen LogP contribution >= 0.6 is 0 Å². The minimum Gasteiger partial charge on any atom is -0.355 e. The zero-order valence-corrected chi connectivity index (χ0v) is 16.2. The SMILES string of the molecule is Cc1noc(C2CN(c3cc(-c4n[nH]c5ccc(-c6cn[nH]c6)cc45)ccn3)C2)n1. The standard InChI is InChI=1S/C21H18N8O/c1-12-25-21(30-28-12)16-10-29(11-16)19-7-14(4-5-22-19)20-17-6-13(15-8-23-24-9-15)2-3-18(17)26-27-20/h2-9,16H,10-11H2,1H3,(H,23,24)(H,26,27). The summed E-state index contributed by atoms with van der Waals surface area (Å²) in [5, 5.41) is 19.6. The van der Waals surface area contributed by atoms with Gasteiger partial charge in [0.1, 0.15) is 11.5 Å². The van der Waals surface area contributed by atoms with Crippen molar-refractivity contribution < 1.29 is 4.52 Å². The first-order chi connectivity index (χ1) is 14.7. The van der Waals surface area contributed by atoms with Crippen LogP contribution in [0.1, 0.15) is 17.6 Å². The number of aryl methyl sites for hydroxylation is 1. The number of benzene rings is 1. The lowest BCUT2D eigenvalue weighted by Crippen LogP contribution is -2.45. The number of hydrogen-bond acceptors (Lipinski definition) is 7. The van der Waals surface area contributed by atoms with Gasteiger partial charge in [-0.2, -0.15) is 15.2 Å². The molecular formula is C21H18N8O. The highest BCUT2D eigenvalue weighted by Gasteiger charge is 2.33. The van der Waals surface area contributed by atoms with E-state index in [1.807, 2.05) is 37.6 Å². The Morgan fingerprint density at radius 3 is 2.83 bits per heavy atom. The second-order valence-electron chi connectivity index (χ2n) is 7.50. The zero-order chi connectivity index (χ0) is 20.1. The summed E-state index contributed by atoms with van der Waals surface area (Å²) in [5.74, 6) is 2.54. The fourth-order valence-corrected chi connectivity index (χ4v) is 3.86. The van der Waals surface area contributed by atoms with Gasteiger partial charge >= 0.3 is 0 Å². The molecule has 5 heterocycles. The molecule has 1 aromatic carbocycles. The predicted octanol–water partition coefficient (Wildman–Crippen LogP) is 3.31. The minimum absolute atomic E-state index is 0.250. The lowest BCUT2D eigenvalue weighted by Gasteiger charge is -2.38. The van der Waals surface area contributed by atoms with Crippen LogP contribution in [0.3, 0.4) is 0 Å². The first kappa shape index (κ1) is 16.9. The second kappa shape index (κ2) is 6.51. The van der Waals surface area contributed by atoms with E-state index in [1.165, 1.54) is 0 Å². The fraction of sp³-hybridized carbons (Fsp3) is 0.190. The molecule has 1 aliphatic rings. The predicted molar refractivity (Wildman–Crippen MR) is 111 cm³/mol. The lowest BCUT2D eigenvalue weighted by molar-refractivity contribution is 0.326. The molecule has 6 rings (SSSR count). The van der Waals surface area contributed by atoms with E-state index in [1.54, 1.807) is 0 Å². The molecule has 9 heteroatoms. The molecule has 30 heavy (non-hydrogen) atoms. The van der Waals surface area contributed by atoms with Crippen molar-refractivity contribution in [1.82, 2.24) is 35.5 Å². The maximum atomic E-state index is 5.30. The van der Waals surface area contributed by atoms with Crippen molar-refractivity contribution in [2.45, 2.75) is 12.8 Å². The molecule has 0 unspecified atom stereocenters. The molecule has 0 aliphatic carbocycles. The molecule has 5 aromatic rings. The van der Waals surface area contributed by atoms with Crippen molar-refractivity contribution in [3.63, 3.8) is 0 Å². The third kappa shape index (κ3) is 2.74. The molecule has 1 aliphatic heterocycles. The summed E-state index contributed by atoms with van der Waals surface area (Å²) in [6.07, 6.45) is 5.53. The summed E-state index contributed by atoms with van der Waals surface area (Å²) in [6.45, 7) is 3.45. The third-order valence-corrected chi connectivity index (χ3v) is 5.51. The maximum absolute atomic E-state index is 5.30. The van der Waals surface area contributed by atoms with Gasteiger partial charge in [0.2, 0.25) is 5.89 Å². The van der Waals surface area contributed by atoms with E-state index in [0.717, 1.165) is 52.2 Å². The van der Waals surface area contributed by atoms with Crippen LogP contribution in [0.2, 0.25) is 0 Å². The lowest BCUT2D eigenvalue weighted by atomic mass is 9.99. The number of nitrogens with one attached hydrogen (secondary N) is 2. The highest BCUT2D eigenvalue weighted by Crippen LogP contribution is 2.34. The van der Waals surface area contributed by atoms with Crippen molar-refractivity contribution in [2.75, 3.05) is 18.0 Å². The number of aromatic nitrogens is 7. The number of H-pyrrole nitrogens is 2. The largest absolute Gasteiger partial charge is 0.355 e. The summed E-state index contributed by atoms with van der Waals surface area (Å²) in [5.41, 5.74) is 5.05. The Labute approximate surface area is 171 Å². The topological polar surface area (TPSA) is 112 Å². The molecule has 9 nitrogen and oxygen atoms in total. The molecule has 0 amide bonds. The van der Waals surface area contributed by atoms with Gasteiger partial charge in [-0.15, -0.1) is 0 Å². The van der Waals surface area contributed by atoms with E-state index in [4.69, 9.17) is 4.52 Å². The number of aromatic amines is 2. The van der Waals surface area contributed by atoms with E-state index < -0.39 is 0 Å². The smallest absolute Gasteiger partial charge is 0.233 e. The van der Waals surface area contributed by atoms with E-state index in [0.29, 0.717) is 11.7 Å². The van der Waals surface area contributed by atoms with Crippen LogP contribution < -0.4 is 4.90 Å². The summed E-state index contributed by atoms with van der Waals surface area (Å²) in [7, 11) is 0. The third-order valence-electron chi connectivity index (χ3n) is 5.51. The summed E-state index contributed by atoms with van der Waals surface area (Å²) >= 11 is 0. The van der Waals surface area contributed by atoms with Gasteiger partial charge in [-0.05, 0) is 36.8 Å². The van der Waals surface area contributed by atoms with Crippen LogP contribution in [0, 0.1) is 6.92 Å². The number of anilines is 1. The van der Waals surface area contributed by atoms with Gasteiger partial charge in [-0.1, -0.05) is 11.2 Å². The highest BCUT2D eigenvalue weighted by molar-refractivity contribution is 5.95. The van der Waals surface area contributed by atoms with Crippen LogP contribution in [0.25, 0.3) is 33.3 Å². The van der Waals surface area contributed by atoms with Crippen LogP contribution in [-0.2, 0) is 0 Å². The fourth-order valence-electron chi connectivity index (χ4n) is 3.86. The number of fused-ring (bicyclic) bond motifs is 1. The van der Waals surface area contributed by atoms with Gasteiger partial charge in [0.25, 0.3) is 0 Å². The Hall–Kier alpha value is -4.01. The van der Waals surface area contributed by atoms with E-state index in [-0.39, 0.29) is 5.92 Å². The van der Waals surface area contributed by atoms with E-state index >= 15 is 0 Å². The molecule has 2 N–H and O–H groups in total. The van der Waals surface area contributed by atoms with Gasteiger partial charge in [0.05, 0.1) is 17.6 Å². The van der Waals surface area contributed by atoms with Gasteiger partial charge in [0.15, 0.2) is 5.82 Å². The number of hydrogen-bond donors (Lipinski definition) is 2. The average molecular weight is 398 g/mol. The number of rotatable bonds is 4. The normalized spacial score (nSPS) is 14.4. The molecule has 0 saturated carbocycles. The Balaban J connectivity index is 1.30. The zero-order valence-electron chi connectivity index (χ0n) is 16.2. The number of pyridine rings is 1. The molecule has 0 atom stereocenters. The first-order valence-corrected chi connectivity index (χ1v) is 9.73. The minimum atomic E-state index is 0.250. The van der Waals surface area contributed by atoms with Crippen LogP contribution in [0.4, 0.5) is 5.82 Å². The Morgan fingerprint density at radius 1 is 1.10 bits per heavy atom. The summed E-state index contributed by atoms with van der Waals surface area (Å²) in [6, 6.07) is 10.3. The summed E-state index contributed by atoms with van der Waals surface area (Å²) in [4.78, 5) is 11.1. The second-order valence-corrected chi connectivity index (χ2v) is 7.50. The Bertz CT molecular complexity index is 1330. The Kier molecular flexibility index (Phi) is 3.67. The van der Waals surface area contributed by atoms with Gasteiger partial charge < -0.3 is 9.42 Å².